The summed E-state index contributed by atoms with van der Waals surface area (Å²) in [6, 6.07) is -0.914. The molecule has 2 saturated heterocycles. The molecule has 21 heteroatoms. The van der Waals surface area contributed by atoms with E-state index in [-0.39, 0.29) is 35.5 Å². The third-order valence-electron chi connectivity index (χ3n) is 8.21. The van der Waals surface area contributed by atoms with Crippen LogP contribution in [0.5, 0.6) is 0 Å². The lowest BCUT2D eigenvalue weighted by Gasteiger charge is -2.40. The van der Waals surface area contributed by atoms with Crippen molar-refractivity contribution >= 4 is 63.8 Å². The molecule has 1 amide bonds. The smallest absolute Gasteiger partial charge is 0.322 e. The number of carboxylic acids is 1. The number of nitrogens with zero attached hydrogens (tertiary/aromatic N) is 8. The molecule has 3 aromatic rings. The van der Waals surface area contributed by atoms with Crippen LogP contribution in [-0.4, -0.2) is 140 Å². The number of nitrogens with two attached hydrogens (primary N) is 2. The van der Waals surface area contributed by atoms with E-state index in [1.54, 1.807) is 18.7 Å². The molecule has 10 N–H and O–H groups in total. The summed E-state index contributed by atoms with van der Waals surface area (Å²) in [6.07, 6.45) is -1.33. The van der Waals surface area contributed by atoms with Gasteiger partial charge in [-0.05, 0) is 13.8 Å². The molecular formula is C26H35N13O7S. The summed E-state index contributed by atoms with van der Waals surface area (Å²) in [5, 5.41) is 35.9. The number of piperazine rings is 1. The molecule has 0 radical (unpaired) electrons. The molecule has 6 rings (SSSR count). The molecule has 0 spiro atoms. The zero-order valence-electron chi connectivity index (χ0n) is 25.4. The molecule has 0 aliphatic carbocycles. The second-order valence-corrected chi connectivity index (χ2v) is 13.0. The number of aliphatic imine (C=N–C) groups is 1. The van der Waals surface area contributed by atoms with Gasteiger partial charge in [0.05, 0.1) is 18.0 Å². The van der Waals surface area contributed by atoms with Crippen molar-refractivity contribution in [3.8, 4) is 0 Å². The van der Waals surface area contributed by atoms with Gasteiger partial charge >= 0.3 is 5.97 Å². The number of rotatable bonds is 9. The van der Waals surface area contributed by atoms with Crippen LogP contribution in [0, 0.1) is 0 Å². The number of aliphatic hydroxyl groups excluding tert-OH is 2. The number of fused-ring (bicyclic) bond motifs is 2. The van der Waals surface area contributed by atoms with Crippen molar-refractivity contribution in [2.75, 3.05) is 54.5 Å². The van der Waals surface area contributed by atoms with Crippen molar-refractivity contribution in [1.82, 2.24) is 44.8 Å². The fourth-order valence-corrected chi connectivity index (χ4v) is 6.81. The molecule has 0 aromatic carbocycles. The molecule has 0 saturated carbocycles. The number of hydrogen-bond acceptors (Lipinski definition) is 17. The Hall–Kier alpha value is -4.41. The first-order chi connectivity index (χ1) is 22.3. The Labute approximate surface area is 270 Å². The first-order valence-corrected chi connectivity index (χ1v) is 15.8. The van der Waals surface area contributed by atoms with E-state index < -0.39 is 53.6 Å². The maximum Gasteiger partial charge on any atom is 0.322 e. The van der Waals surface area contributed by atoms with Gasteiger partial charge in [0.1, 0.15) is 35.8 Å². The normalized spacial score (nSPS) is 26.0. The fraction of sp³-hybridized carbons (Fsp3) is 0.538. The third-order valence-corrected chi connectivity index (χ3v) is 9.25. The number of aromatic nitrogens is 6. The molecular weight excluding hydrogens is 638 g/mol. The van der Waals surface area contributed by atoms with Crippen LogP contribution >= 0.6 is 11.8 Å². The van der Waals surface area contributed by atoms with Gasteiger partial charge in [-0.1, -0.05) is 0 Å². The average molecular weight is 674 g/mol. The molecule has 6 heterocycles. The lowest BCUT2D eigenvalue weighted by atomic mass is 9.95. The molecule has 20 nitrogen and oxygen atoms in total. The Balaban J connectivity index is 1.02. The number of carbonyl (C=O) groups excluding carboxylic acids is 1. The van der Waals surface area contributed by atoms with Gasteiger partial charge in [0.2, 0.25) is 5.95 Å². The molecule has 0 bridgehead atoms. The van der Waals surface area contributed by atoms with Crippen LogP contribution < -0.4 is 27.8 Å². The molecule has 47 heavy (non-hydrogen) atoms. The van der Waals surface area contributed by atoms with Crippen molar-refractivity contribution < 1.29 is 29.6 Å². The lowest BCUT2D eigenvalue weighted by molar-refractivity contribution is -0.147. The van der Waals surface area contributed by atoms with E-state index in [9.17, 15) is 29.7 Å². The van der Waals surface area contributed by atoms with Gasteiger partial charge in [0, 0.05) is 37.7 Å². The number of aliphatic hydroxyl groups is 2. The highest BCUT2D eigenvalue weighted by Gasteiger charge is 2.44. The van der Waals surface area contributed by atoms with Crippen LogP contribution in [0.1, 0.15) is 20.1 Å². The standard InChI is InChI=1S/C26H35N13O7S/c1-26(2)17(32-14-19(35-26)33-25(28)34-21(14)42)22(43)36-38-4-3-37(11(7-38)24(44)45)5-6-47-8-12-15(40)16(41)23(46-12)39-10-31-13-18(27)29-9-30-20(13)39/h9-12,15-16,23,40-41H,3-8H2,1-2H3,(H,36,43)(H,44,45)(H2,27,29,30)(H4,28,33,34,35,42)/t11?,12-,15?,16?,23-/m1/s1. The van der Waals surface area contributed by atoms with Gasteiger partial charge in [0.25, 0.3) is 11.5 Å². The Kier molecular flexibility index (Phi) is 8.76. The number of ether oxygens (including phenoxy) is 1. The van der Waals surface area contributed by atoms with Gasteiger partial charge in [0.15, 0.2) is 29.2 Å². The van der Waals surface area contributed by atoms with Crippen molar-refractivity contribution in [2.45, 2.75) is 50.0 Å². The molecule has 5 atom stereocenters. The van der Waals surface area contributed by atoms with E-state index >= 15 is 0 Å². The Morgan fingerprint density at radius 2 is 1.98 bits per heavy atom. The summed E-state index contributed by atoms with van der Waals surface area (Å²) in [5.41, 5.74) is 13.3. The summed E-state index contributed by atoms with van der Waals surface area (Å²) in [6.45, 7) is 4.50. The number of carboxylic acid groups (broad SMARTS) is 1. The summed E-state index contributed by atoms with van der Waals surface area (Å²) in [4.78, 5) is 62.6. The average Bonchev–Trinajstić information content (AvgIpc) is 3.56. The number of hydrogen-bond donors (Lipinski definition) is 8. The number of H-pyrrole nitrogens is 1. The number of nitrogen functional groups attached to an aromatic ring is 2. The van der Waals surface area contributed by atoms with Crippen molar-refractivity contribution in [1.29, 1.82) is 0 Å². The Morgan fingerprint density at radius 3 is 2.74 bits per heavy atom. The van der Waals surface area contributed by atoms with Gasteiger partial charge in [-0.25, -0.2) is 25.0 Å². The van der Waals surface area contributed by atoms with E-state index in [0.29, 0.717) is 42.3 Å². The number of nitrogens with one attached hydrogen (secondary N) is 3. The Morgan fingerprint density at radius 1 is 1.19 bits per heavy atom. The van der Waals surface area contributed by atoms with E-state index in [1.165, 1.54) is 34.0 Å². The number of aromatic amines is 1. The third kappa shape index (κ3) is 6.32. The van der Waals surface area contributed by atoms with E-state index in [0.717, 1.165) is 0 Å². The van der Waals surface area contributed by atoms with Crippen molar-refractivity contribution in [3.63, 3.8) is 0 Å². The molecule has 3 aliphatic heterocycles. The number of hydrazine groups is 1. The number of aliphatic carboxylic acids is 1. The van der Waals surface area contributed by atoms with Crippen molar-refractivity contribution in [3.05, 3.63) is 23.0 Å². The second-order valence-electron chi connectivity index (χ2n) is 11.8. The van der Waals surface area contributed by atoms with E-state index in [2.05, 4.69) is 40.7 Å². The number of thioether (sulfide) groups is 1. The summed E-state index contributed by atoms with van der Waals surface area (Å²) < 4.78 is 7.49. The summed E-state index contributed by atoms with van der Waals surface area (Å²) in [5.74, 6) is -0.529. The quantitative estimate of drug-likeness (QED) is 0.109. The van der Waals surface area contributed by atoms with Crippen LogP contribution in [-0.2, 0) is 14.3 Å². The summed E-state index contributed by atoms with van der Waals surface area (Å²) >= 11 is 1.45. The zero-order chi connectivity index (χ0) is 33.6. The molecule has 3 aliphatic rings. The number of amides is 1. The zero-order valence-corrected chi connectivity index (χ0v) is 26.2. The fourth-order valence-electron chi connectivity index (χ4n) is 5.77. The minimum atomic E-state index is -1.24. The number of carbonyl (C=O) groups is 2. The maximum atomic E-state index is 13.3. The topological polar surface area (TPSA) is 288 Å². The minimum absolute atomic E-state index is 0.00733. The Bertz CT molecular complexity index is 1780. The number of anilines is 3. The minimum Gasteiger partial charge on any atom is -0.480 e. The van der Waals surface area contributed by atoms with Crippen LogP contribution in [0.4, 0.5) is 23.3 Å². The molecule has 252 valence electrons. The first kappa shape index (κ1) is 32.5. The van der Waals surface area contributed by atoms with Crippen LogP contribution in [0.25, 0.3) is 11.2 Å². The van der Waals surface area contributed by atoms with Gasteiger partial charge < -0.3 is 36.8 Å². The monoisotopic (exact) mass is 673 g/mol. The highest BCUT2D eigenvalue weighted by Crippen LogP contribution is 2.33. The van der Waals surface area contributed by atoms with E-state index in [4.69, 9.17) is 16.2 Å². The summed E-state index contributed by atoms with van der Waals surface area (Å²) in [7, 11) is 0. The van der Waals surface area contributed by atoms with Crippen LogP contribution in [0.15, 0.2) is 22.4 Å². The highest BCUT2D eigenvalue weighted by molar-refractivity contribution is 7.99. The maximum absolute atomic E-state index is 13.3. The first-order valence-electron chi connectivity index (χ1n) is 14.7. The van der Waals surface area contributed by atoms with E-state index in [1.807, 2.05) is 0 Å². The van der Waals surface area contributed by atoms with Crippen LogP contribution in [0.3, 0.4) is 0 Å². The number of imidazole rings is 1. The van der Waals surface area contributed by atoms with Gasteiger partial charge in [-0.2, -0.15) is 16.7 Å². The van der Waals surface area contributed by atoms with Crippen molar-refractivity contribution in [2.24, 2.45) is 4.99 Å². The molecule has 3 unspecified atom stereocenters. The largest absolute Gasteiger partial charge is 0.480 e. The predicted molar refractivity (Wildman–Crippen MR) is 170 cm³/mol. The lowest BCUT2D eigenvalue weighted by Crippen LogP contribution is -2.63. The van der Waals surface area contributed by atoms with Crippen LogP contribution in [0.2, 0.25) is 0 Å². The van der Waals surface area contributed by atoms with Gasteiger partial charge in [-0.3, -0.25) is 34.3 Å². The molecule has 3 aromatic heterocycles. The predicted octanol–water partition coefficient (Wildman–Crippen LogP) is -2.49. The second kappa shape index (κ2) is 12.7. The molecule has 2 fully saturated rings. The SMILES string of the molecule is CC1(C)Nc2nc(N)[nH]c(=O)c2N=C1C(=O)NN1CCN(CCSC[C@H]2O[C@@H](n3cnc4c(N)ncnc43)C(O)C2O)C(C(=O)O)C1. The highest BCUT2D eigenvalue weighted by atomic mass is 32.2. The van der Waals surface area contributed by atoms with Gasteiger partial charge in [-0.15, -0.1) is 0 Å².